The van der Waals surface area contributed by atoms with Gasteiger partial charge in [-0.05, 0) is 48.9 Å². The number of fused-ring (bicyclic) bond motifs is 2. The zero-order valence-corrected chi connectivity index (χ0v) is 15.1. The van der Waals surface area contributed by atoms with E-state index in [0.717, 1.165) is 17.9 Å². The van der Waals surface area contributed by atoms with Crippen molar-refractivity contribution in [3.63, 3.8) is 0 Å². The number of hydrogen-bond acceptors (Lipinski definition) is 1. The molecule has 3 saturated carbocycles. The molecule has 0 aromatic rings. The SMILES string of the molecule is CC1(C)C2CCC1(C)C(OCC1(CBr)CCCCC1)C2. The molecule has 2 bridgehead atoms. The molecular formula is C18H31BrO. The quantitative estimate of drug-likeness (QED) is 0.607. The summed E-state index contributed by atoms with van der Waals surface area (Å²) in [5.41, 5.74) is 1.33. The summed E-state index contributed by atoms with van der Waals surface area (Å²) in [6.45, 7) is 8.44. The van der Waals surface area contributed by atoms with Crippen molar-refractivity contribution in [1.82, 2.24) is 0 Å². The van der Waals surface area contributed by atoms with Gasteiger partial charge in [-0.25, -0.2) is 0 Å². The monoisotopic (exact) mass is 342 g/mol. The highest BCUT2D eigenvalue weighted by molar-refractivity contribution is 9.09. The maximum absolute atomic E-state index is 6.58. The molecule has 0 aromatic heterocycles. The van der Waals surface area contributed by atoms with Crippen molar-refractivity contribution in [3.05, 3.63) is 0 Å². The Hall–Kier alpha value is 0.440. The number of hydrogen-bond donors (Lipinski definition) is 0. The molecule has 3 fully saturated rings. The first kappa shape index (κ1) is 15.3. The number of alkyl halides is 1. The maximum Gasteiger partial charge on any atom is 0.0637 e. The molecule has 0 radical (unpaired) electrons. The Balaban J connectivity index is 1.65. The van der Waals surface area contributed by atoms with Crippen LogP contribution in [0.1, 0.15) is 72.1 Å². The standard InChI is InChI=1S/C18H31BrO/c1-16(2)14-7-10-17(16,3)15(11-14)20-13-18(12-19)8-5-4-6-9-18/h14-15H,4-13H2,1-3H3. The average Bonchev–Trinajstić information content (AvgIpc) is 2.79. The van der Waals surface area contributed by atoms with Gasteiger partial charge >= 0.3 is 0 Å². The third kappa shape index (κ3) is 2.20. The van der Waals surface area contributed by atoms with E-state index in [4.69, 9.17) is 4.74 Å². The average molecular weight is 343 g/mol. The smallest absolute Gasteiger partial charge is 0.0637 e. The maximum atomic E-state index is 6.58. The van der Waals surface area contributed by atoms with E-state index in [-0.39, 0.29) is 0 Å². The van der Waals surface area contributed by atoms with E-state index < -0.39 is 0 Å². The molecule has 0 spiro atoms. The summed E-state index contributed by atoms with van der Waals surface area (Å²) in [7, 11) is 0. The highest BCUT2D eigenvalue weighted by Crippen LogP contribution is 2.66. The third-order valence-corrected chi connectivity index (χ3v) is 8.69. The van der Waals surface area contributed by atoms with Crippen LogP contribution < -0.4 is 0 Å². The van der Waals surface area contributed by atoms with Crippen molar-refractivity contribution < 1.29 is 4.74 Å². The minimum absolute atomic E-state index is 0.417. The van der Waals surface area contributed by atoms with Crippen molar-refractivity contribution in [3.8, 4) is 0 Å². The molecule has 116 valence electrons. The van der Waals surface area contributed by atoms with Gasteiger partial charge < -0.3 is 4.74 Å². The van der Waals surface area contributed by atoms with Gasteiger partial charge in [-0.1, -0.05) is 56.0 Å². The molecule has 2 heteroatoms. The first-order valence-corrected chi connectivity index (χ1v) is 9.73. The predicted octanol–water partition coefficient (Wildman–Crippen LogP) is 5.56. The normalized spacial score (nSPS) is 42.0. The lowest BCUT2D eigenvalue weighted by Gasteiger charge is -2.42. The van der Waals surface area contributed by atoms with Gasteiger partial charge in [-0.3, -0.25) is 0 Å². The minimum atomic E-state index is 0.417. The summed E-state index contributed by atoms with van der Waals surface area (Å²) >= 11 is 3.77. The van der Waals surface area contributed by atoms with E-state index in [2.05, 4.69) is 36.7 Å². The van der Waals surface area contributed by atoms with Crippen molar-refractivity contribution in [2.24, 2.45) is 22.2 Å². The summed E-state index contributed by atoms with van der Waals surface area (Å²) in [4.78, 5) is 0. The van der Waals surface area contributed by atoms with Gasteiger partial charge in [0.2, 0.25) is 0 Å². The molecule has 0 amide bonds. The fourth-order valence-corrected chi connectivity index (χ4v) is 6.00. The van der Waals surface area contributed by atoms with E-state index in [1.165, 1.54) is 51.4 Å². The van der Waals surface area contributed by atoms with E-state index in [9.17, 15) is 0 Å². The van der Waals surface area contributed by atoms with Crippen molar-refractivity contribution >= 4 is 15.9 Å². The van der Waals surface area contributed by atoms with Crippen LogP contribution in [-0.4, -0.2) is 18.0 Å². The fourth-order valence-electron chi connectivity index (χ4n) is 5.28. The topological polar surface area (TPSA) is 9.23 Å². The van der Waals surface area contributed by atoms with Gasteiger partial charge in [0.1, 0.15) is 0 Å². The Morgan fingerprint density at radius 3 is 2.25 bits per heavy atom. The van der Waals surface area contributed by atoms with Crippen LogP contribution in [0.25, 0.3) is 0 Å². The number of halogens is 1. The van der Waals surface area contributed by atoms with E-state index in [0.29, 0.717) is 22.3 Å². The molecule has 3 aliphatic rings. The molecule has 3 rings (SSSR count). The van der Waals surface area contributed by atoms with Gasteiger partial charge in [0.25, 0.3) is 0 Å². The Morgan fingerprint density at radius 1 is 1.05 bits per heavy atom. The molecule has 20 heavy (non-hydrogen) atoms. The van der Waals surface area contributed by atoms with Crippen LogP contribution in [0.5, 0.6) is 0 Å². The molecule has 0 N–H and O–H groups in total. The van der Waals surface area contributed by atoms with Crippen LogP contribution in [0, 0.1) is 22.2 Å². The molecule has 0 aliphatic heterocycles. The summed E-state index contributed by atoms with van der Waals surface area (Å²) < 4.78 is 6.58. The fraction of sp³-hybridized carbons (Fsp3) is 1.00. The van der Waals surface area contributed by atoms with Crippen LogP contribution in [0.15, 0.2) is 0 Å². The number of rotatable bonds is 4. The molecule has 0 aromatic carbocycles. The van der Waals surface area contributed by atoms with Crippen LogP contribution >= 0.6 is 15.9 Å². The molecule has 3 atom stereocenters. The van der Waals surface area contributed by atoms with Gasteiger partial charge in [-0.2, -0.15) is 0 Å². The second-order valence-corrected chi connectivity index (χ2v) is 9.17. The van der Waals surface area contributed by atoms with Crippen molar-refractivity contribution in [2.45, 2.75) is 78.2 Å². The van der Waals surface area contributed by atoms with Crippen LogP contribution in [0.2, 0.25) is 0 Å². The third-order valence-electron chi connectivity index (χ3n) is 7.50. The van der Waals surface area contributed by atoms with Gasteiger partial charge in [0, 0.05) is 10.7 Å². The number of ether oxygens (including phenoxy) is 1. The predicted molar refractivity (Wildman–Crippen MR) is 88.3 cm³/mol. The van der Waals surface area contributed by atoms with E-state index >= 15 is 0 Å². The molecule has 0 saturated heterocycles. The Kier molecular flexibility index (Phi) is 4.04. The second kappa shape index (κ2) is 5.26. The summed E-state index contributed by atoms with van der Waals surface area (Å²) in [6.07, 6.45) is 11.5. The molecule has 3 unspecified atom stereocenters. The Bertz CT molecular complexity index is 358. The second-order valence-electron chi connectivity index (χ2n) is 8.60. The lowest BCUT2D eigenvalue weighted by molar-refractivity contribution is -0.0805. The van der Waals surface area contributed by atoms with Crippen LogP contribution in [-0.2, 0) is 4.74 Å². The first-order valence-electron chi connectivity index (χ1n) is 8.61. The van der Waals surface area contributed by atoms with Gasteiger partial charge in [0.15, 0.2) is 0 Å². The van der Waals surface area contributed by atoms with Crippen molar-refractivity contribution in [2.75, 3.05) is 11.9 Å². The lowest BCUT2D eigenvalue weighted by atomic mass is 9.70. The van der Waals surface area contributed by atoms with Gasteiger partial charge in [0.05, 0.1) is 12.7 Å². The van der Waals surface area contributed by atoms with Gasteiger partial charge in [-0.15, -0.1) is 0 Å². The van der Waals surface area contributed by atoms with E-state index in [1.807, 2.05) is 0 Å². The molecule has 0 heterocycles. The molecular weight excluding hydrogens is 312 g/mol. The molecule has 3 aliphatic carbocycles. The Morgan fingerprint density at radius 2 is 1.75 bits per heavy atom. The highest BCUT2D eigenvalue weighted by Gasteiger charge is 2.62. The first-order chi connectivity index (χ1) is 9.44. The lowest BCUT2D eigenvalue weighted by Crippen LogP contribution is -2.40. The van der Waals surface area contributed by atoms with Crippen LogP contribution in [0.4, 0.5) is 0 Å². The zero-order chi connectivity index (χ0) is 14.4. The van der Waals surface area contributed by atoms with E-state index in [1.54, 1.807) is 0 Å². The summed E-state index contributed by atoms with van der Waals surface area (Å²) in [5.74, 6) is 0.892. The largest absolute Gasteiger partial charge is 0.377 e. The summed E-state index contributed by atoms with van der Waals surface area (Å²) in [6, 6.07) is 0. The van der Waals surface area contributed by atoms with Crippen LogP contribution in [0.3, 0.4) is 0 Å². The summed E-state index contributed by atoms with van der Waals surface area (Å²) in [5, 5.41) is 1.12. The zero-order valence-electron chi connectivity index (χ0n) is 13.5. The highest BCUT2D eigenvalue weighted by atomic mass is 79.9. The van der Waals surface area contributed by atoms with Crippen molar-refractivity contribution in [1.29, 1.82) is 0 Å². The Labute approximate surface area is 133 Å². The minimum Gasteiger partial charge on any atom is -0.377 e. The molecule has 1 nitrogen and oxygen atoms in total.